The van der Waals surface area contributed by atoms with Crippen LogP contribution in [0.25, 0.3) is 0 Å². The number of rotatable bonds is 5. The van der Waals surface area contributed by atoms with E-state index in [1.807, 2.05) is 6.07 Å². The highest BCUT2D eigenvalue weighted by atomic mass is 19.4. The molecule has 1 unspecified atom stereocenters. The van der Waals surface area contributed by atoms with Crippen LogP contribution < -0.4 is 4.74 Å². The van der Waals surface area contributed by atoms with E-state index in [-0.39, 0.29) is 11.7 Å². The van der Waals surface area contributed by atoms with E-state index in [1.165, 1.54) is 12.1 Å². The molecule has 1 saturated heterocycles. The van der Waals surface area contributed by atoms with E-state index in [4.69, 9.17) is 0 Å². The molecule has 0 radical (unpaired) electrons. The van der Waals surface area contributed by atoms with Crippen molar-refractivity contribution in [1.29, 1.82) is 0 Å². The van der Waals surface area contributed by atoms with Gasteiger partial charge in [-0.1, -0.05) is 31.4 Å². The molecule has 4 nitrogen and oxygen atoms in total. The van der Waals surface area contributed by atoms with Crippen LogP contribution in [0.1, 0.15) is 57.4 Å². The average Bonchev–Trinajstić information content (AvgIpc) is 2.63. The van der Waals surface area contributed by atoms with Crippen molar-refractivity contribution < 1.29 is 23.0 Å². The lowest BCUT2D eigenvalue weighted by Gasteiger charge is -2.46. The van der Waals surface area contributed by atoms with Gasteiger partial charge >= 0.3 is 6.36 Å². The fraction of sp³-hybridized carbons (Fsp3) is 0.727. The van der Waals surface area contributed by atoms with Crippen LogP contribution in [0.3, 0.4) is 0 Å². The second-order valence-electron chi connectivity index (χ2n) is 8.92. The molecule has 0 aromatic heterocycles. The van der Waals surface area contributed by atoms with Crippen molar-refractivity contribution in [2.45, 2.75) is 75.9 Å². The summed E-state index contributed by atoms with van der Waals surface area (Å²) in [6.07, 6.45) is -0.378. The predicted octanol–water partition coefficient (Wildman–Crippen LogP) is 4.39. The van der Waals surface area contributed by atoms with Gasteiger partial charge in [-0.05, 0) is 51.4 Å². The smallest absolute Gasteiger partial charge is 0.406 e. The third kappa shape index (κ3) is 5.64. The number of aliphatic hydroxyl groups is 1. The molecule has 1 aliphatic carbocycles. The predicted molar refractivity (Wildman–Crippen MR) is 107 cm³/mol. The van der Waals surface area contributed by atoms with Crippen molar-refractivity contribution >= 4 is 0 Å². The molecule has 0 bridgehead atoms. The summed E-state index contributed by atoms with van der Waals surface area (Å²) >= 11 is 0. The number of likely N-dealkylation sites (N-methyl/N-ethyl adjacent to an activating group) is 1. The van der Waals surface area contributed by atoms with E-state index in [0.29, 0.717) is 31.5 Å². The number of hydrogen-bond acceptors (Lipinski definition) is 4. The van der Waals surface area contributed by atoms with Gasteiger partial charge in [-0.25, -0.2) is 0 Å². The minimum absolute atomic E-state index is 0.223. The lowest BCUT2D eigenvalue weighted by molar-refractivity contribution is -0.274. The molecule has 3 atom stereocenters. The second kappa shape index (κ2) is 8.82. The Kier molecular flexibility index (Phi) is 6.81. The van der Waals surface area contributed by atoms with Gasteiger partial charge in [0.15, 0.2) is 0 Å². The topological polar surface area (TPSA) is 35.9 Å². The Balaban J connectivity index is 1.87. The summed E-state index contributed by atoms with van der Waals surface area (Å²) in [5.41, 5.74) is -0.180. The molecule has 2 aliphatic rings. The SMILES string of the molecule is CC1CN(C[C@H](c2cccc(OC(F)(F)F)c2)C2(O)CCCCC2)C[C@H](C)N1C. The molecule has 1 aromatic carbocycles. The van der Waals surface area contributed by atoms with Crippen LogP contribution >= 0.6 is 0 Å². The maximum Gasteiger partial charge on any atom is 0.573 e. The molecule has 0 amide bonds. The third-order valence-electron chi connectivity index (χ3n) is 6.74. The molecule has 164 valence electrons. The van der Waals surface area contributed by atoms with Crippen LogP contribution in [0.15, 0.2) is 24.3 Å². The van der Waals surface area contributed by atoms with Gasteiger partial charge in [0.2, 0.25) is 0 Å². The Morgan fingerprint density at radius 2 is 1.76 bits per heavy atom. The average molecular weight is 415 g/mol. The quantitative estimate of drug-likeness (QED) is 0.775. The number of benzene rings is 1. The monoisotopic (exact) mass is 414 g/mol. The molecular weight excluding hydrogens is 381 g/mol. The molecule has 1 aliphatic heterocycles. The first kappa shape index (κ1) is 22.4. The van der Waals surface area contributed by atoms with Gasteiger partial charge in [-0.2, -0.15) is 0 Å². The highest BCUT2D eigenvalue weighted by Crippen LogP contribution is 2.42. The van der Waals surface area contributed by atoms with Crippen molar-refractivity contribution in [2.24, 2.45) is 0 Å². The highest BCUT2D eigenvalue weighted by Gasteiger charge is 2.41. The molecular formula is C22H33F3N2O2. The van der Waals surface area contributed by atoms with Crippen LogP contribution in [0.5, 0.6) is 5.75 Å². The summed E-state index contributed by atoms with van der Waals surface area (Å²) in [5, 5.41) is 11.5. The first-order valence-electron chi connectivity index (χ1n) is 10.6. The Morgan fingerprint density at radius 3 is 2.34 bits per heavy atom. The van der Waals surface area contributed by atoms with E-state index < -0.39 is 12.0 Å². The zero-order valence-electron chi connectivity index (χ0n) is 17.6. The molecule has 0 spiro atoms. The van der Waals surface area contributed by atoms with E-state index in [0.717, 1.165) is 37.9 Å². The maximum atomic E-state index is 12.7. The summed E-state index contributed by atoms with van der Waals surface area (Å²) < 4.78 is 42.3. The summed E-state index contributed by atoms with van der Waals surface area (Å²) in [5.74, 6) is -0.470. The first-order chi connectivity index (χ1) is 13.6. The van der Waals surface area contributed by atoms with Crippen molar-refractivity contribution in [2.75, 3.05) is 26.7 Å². The molecule has 1 aromatic rings. The molecule has 3 rings (SSSR count). The van der Waals surface area contributed by atoms with Gasteiger partial charge in [-0.15, -0.1) is 13.2 Å². The van der Waals surface area contributed by atoms with E-state index in [9.17, 15) is 18.3 Å². The number of ether oxygens (including phenoxy) is 1. The minimum Gasteiger partial charge on any atom is -0.406 e. The lowest BCUT2D eigenvalue weighted by atomic mass is 9.72. The molecule has 1 saturated carbocycles. The standard InChI is InChI=1S/C22H33F3N2O2/c1-16-13-27(14-17(2)26(16)3)15-20(21(28)10-5-4-6-11-21)18-8-7-9-19(12-18)29-22(23,24)25/h7-9,12,16-17,20,28H,4-6,10-11,13-15H2,1-3H3/t16-,17?,20+/m0/s1. The van der Waals surface area contributed by atoms with Crippen molar-refractivity contribution in [3.8, 4) is 5.75 Å². The number of nitrogens with zero attached hydrogens (tertiary/aromatic N) is 2. The molecule has 1 heterocycles. The summed E-state index contributed by atoms with van der Waals surface area (Å²) in [7, 11) is 2.12. The van der Waals surface area contributed by atoms with Gasteiger partial charge < -0.3 is 9.84 Å². The van der Waals surface area contributed by atoms with Crippen LogP contribution in [-0.4, -0.2) is 65.6 Å². The first-order valence-corrected chi connectivity index (χ1v) is 10.6. The van der Waals surface area contributed by atoms with Crippen molar-refractivity contribution in [3.63, 3.8) is 0 Å². The Bertz CT molecular complexity index is 664. The van der Waals surface area contributed by atoms with Crippen LogP contribution in [0.4, 0.5) is 13.2 Å². The van der Waals surface area contributed by atoms with Gasteiger partial charge in [0.05, 0.1) is 5.60 Å². The van der Waals surface area contributed by atoms with Crippen molar-refractivity contribution in [3.05, 3.63) is 29.8 Å². The fourth-order valence-corrected chi connectivity index (χ4v) is 4.95. The normalized spacial score (nSPS) is 27.6. The lowest BCUT2D eigenvalue weighted by Crippen LogP contribution is -2.57. The van der Waals surface area contributed by atoms with Crippen LogP contribution in [0, 0.1) is 0 Å². The second-order valence-corrected chi connectivity index (χ2v) is 8.92. The summed E-state index contributed by atoms with van der Waals surface area (Å²) in [6.45, 7) is 6.77. The van der Waals surface area contributed by atoms with Crippen LogP contribution in [-0.2, 0) is 0 Å². The number of hydrogen-bond donors (Lipinski definition) is 1. The zero-order valence-corrected chi connectivity index (χ0v) is 17.6. The Morgan fingerprint density at radius 1 is 1.14 bits per heavy atom. The maximum absolute atomic E-state index is 12.7. The molecule has 7 heteroatoms. The minimum atomic E-state index is -4.72. The van der Waals surface area contributed by atoms with E-state index >= 15 is 0 Å². The summed E-state index contributed by atoms with van der Waals surface area (Å²) in [4.78, 5) is 4.70. The van der Waals surface area contributed by atoms with Crippen LogP contribution in [0.2, 0.25) is 0 Å². The van der Waals surface area contributed by atoms with Crippen molar-refractivity contribution in [1.82, 2.24) is 9.80 Å². The zero-order chi connectivity index (χ0) is 21.2. The number of alkyl halides is 3. The van der Waals surface area contributed by atoms with Gasteiger partial charge in [0, 0.05) is 37.6 Å². The largest absolute Gasteiger partial charge is 0.573 e. The van der Waals surface area contributed by atoms with E-state index in [2.05, 4.69) is 35.4 Å². The Hall–Kier alpha value is -1.31. The number of halogens is 3. The van der Waals surface area contributed by atoms with Gasteiger partial charge in [0.25, 0.3) is 0 Å². The summed E-state index contributed by atoms with van der Waals surface area (Å²) in [6, 6.07) is 6.96. The molecule has 1 N–H and O–H groups in total. The Labute approximate surface area is 171 Å². The van der Waals surface area contributed by atoms with Gasteiger partial charge in [0.1, 0.15) is 5.75 Å². The number of piperazine rings is 1. The third-order valence-corrected chi connectivity index (χ3v) is 6.74. The van der Waals surface area contributed by atoms with Gasteiger partial charge in [-0.3, -0.25) is 9.80 Å². The fourth-order valence-electron chi connectivity index (χ4n) is 4.95. The van der Waals surface area contributed by atoms with E-state index in [1.54, 1.807) is 6.07 Å². The molecule has 2 fully saturated rings. The highest BCUT2D eigenvalue weighted by molar-refractivity contribution is 5.33. The molecule has 29 heavy (non-hydrogen) atoms.